The van der Waals surface area contributed by atoms with Crippen LogP contribution < -0.4 is 20.9 Å². The highest BCUT2D eigenvalue weighted by Crippen LogP contribution is 2.31. The average Bonchev–Trinajstić information content (AvgIpc) is 3.83. The fourth-order valence-corrected chi connectivity index (χ4v) is 5.42. The maximum absolute atomic E-state index is 13.2. The zero-order valence-electron chi connectivity index (χ0n) is 30.9. The van der Waals surface area contributed by atoms with E-state index in [1.807, 2.05) is 42.6 Å². The van der Waals surface area contributed by atoms with Crippen molar-refractivity contribution in [1.82, 2.24) is 24.9 Å². The van der Waals surface area contributed by atoms with Crippen molar-refractivity contribution < 1.29 is 78.4 Å². The number of aryl methyl sites for hydroxylation is 2. The summed E-state index contributed by atoms with van der Waals surface area (Å²) in [6.07, 6.45) is -5.70. The second-order valence-corrected chi connectivity index (χ2v) is 13.1. The van der Waals surface area contributed by atoms with Crippen molar-refractivity contribution in [2.24, 2.45) is 5.92 Å². The Morgan fingerprint density at radius 1 is 0.823 bits per heavy atom. The lowest BCUT2D eigenvalue weighted by Crippen LogP contribution is -2.22. The zero-order chi connectivity index (χ0) is 46.0. The largest absolute Gasteiger partial charge is 0.490 e. The Morgan fingerprint density at radius 2 is 1.47 bits per heavy atom. The van der Waals surface area contributed by atoms with Gasteiger partial charge >= 0.3 is 36.4 Å². The number of carbonyl (C=O) groups is 4. The van der Waals surface area contributed by atoms with Gasteiger partial charge in [-0.1, -0.05) is 11.6 Å². The molecule has 2 aliphatic heterocycles. The molecular weight excluding hydrogens is 881 g/mol. The second-order valence-electron chi connectivity index (χ2n) is 12.7. The Kier molecular flexibility index (Phi) is 15.4. The lowest BCUT2D eigenvalue weighted by atomic mass is 10.0. The van der Waals surface area contributed by atoms with Gasteiger partial charge in [0, 0.05) is 43.3 Å². The number of benzene rings is 1. The number of alkyl halides is 9. The third kappa shape index (κ3) is 14.3. The van der Waals surface area contributed by atoms with Crippen molar-refractivity contribution in [1.29, 1.82) is 0 Å². The maximum atomic E-state index is 13.2. The molecule has 1 saturated heterocycles. The number of carboxylic acids is 3. The number of fused-ring (bicyclic) bond motifs is 7. The monoisotopic (exact) mass is 909 g/mol. The minimum atomic E-state index is -5.08. The summed E-state index contributed by atoms with van der Waals surface area (Å²) < 4.78 is 101. The minimum Gasteiger partial charge on any atom is -0.475 e. The Hall–Kier alpha value is -6.99. The average molecular weight is 910 g/mol. The smallest absolute Gasteiger partial charge is 0.475 e. The number of aliphatic carboxylic acids is 3. The number of amides is 1. The summed E-state index contributed by atoms with van der Waals surface area (Å²) >= 11 is 6.38. The Morgan fingerprint density at radius 3 is 2.08 bits per heavy atom. The van der Waals surface area contributed by atoms with Crippen LogP contribution in [-0.2, 0) is 32.0 Å². The number of pyridine rings is 2. The summed E-state index contributed by atoms with van der Waals surface area (Å²) in [7, 11) is 0. The molecule has 1 aromatic carbocycles. The van der Waals surface area contributed by atoms with Crippen LogP contribution in [0, 0.1) is 5.92 Å². The van der Waals surface area contributed by atoms with E-state index >= 15 is 0 Å². The predicted octanol–water partition coefficient (Wildman–Crippen LogP) is 7.40. The van der Waals surface area contributed by atoms with E-state index in [1.54, 1.807) is 18.6 Å². The van der Waals surface area contributed by atoms with Crippen LogP contribution >= 0.6 is 11.6 Å². The fourth-order valence-electron chi connectivity index (χ4n) is 5.28. The number of oxazole rings is 1. The predicted molar refractivity (Wildman–Crippen MR) is 198 cm³/mol. The van der Waals surface area contributed by atoms with Gasteiger partial charge in [0.05, 0.1) is 18.1 Å². The van der Waals surface area contributed by atoms with Crippen molar-refractivity contribution in [2.45, 2.75) is 44.2 Å². The van der Waals surface area contributed by atoms with Crippen LogP contribution in [-0.4, -0.2) is 95.7 Å². The first-order valence-electron chi connectivity index (χ1n) is 17.2. The van der Waals surface area contributed by atoms with E-state index in [1.165, 1.54) is 0 Å². The number of hydrogen-bond donors (Lipinski definition) is 6. The third-order valence-corrected chi connectivity index (χ3v) is 8.31. The molecule has 2 aliphatic rings. The molecule has 0 radical (unpaired) electrons. The van der Waals surface area contributed by atoms with Gasteiger partial charge in [-0.15, -0.1) is 0 Å². The summed E-state index contributed by atoms with van der Waals surface area (Å²) in [6.45, 7) is 1.49. The number of rotatable bonds is 4. The van der Waals surface area contributed by atoms with E-state index in [4.69, 9.17) is 45.7 Å². The standard InChI is InChI=1S/C29H26ClN9O2.3C2HF3O2/c30-22-15-33-28-35-21-10-17(13-31-14-21)3-4-19-12-20(34-26(22)38-28)5-6-23(19)36-25(40)11-18-7-9-39(16-18)29-37-24-2-1-8-32-27(24)41-29;3*3-2(4,5)1(6)7/h1-2,5-6,8,10,12-15,18H,3-4,7,9,11,16H2,(H,36,40)(H2,33,34,35,38);3*(H,6,7)/t18-;;;/m1.../s1. The van der Waals surface area contributed by atoms with Crippen molar-refractivity contribution in [3.05, 3.63) is 77.3 Å². The van der Waals surface area contributed by atoms with E-state index in [2.05, 4.69) is 45.8 Å². The van der Waals surface area contributed by atoms with Crippen LogP contribution in [0.1, 0.15) is 24.0 Å². The molecule has 6 bridgehead atoms. The summed E-state index contributed by atoms with van der Waals surface area (Å²) in [5, 5.41) is 31.4. The molecule has 6 heterocycles. The number of nitrogens with zero attached hydrogens (tertiary/aromatic N) is 6. The molecule has 62 heavy (non-hydrogen) atoms. The Bertz CT molecular complexity index is 2310. The number of carboxylic acid groups (broad SMARTS) is 3. The van der Waals surface area contributed by atoms with Gasteiger partial charge in [0.1, 0.15) is 10.5 Å². The van der Waals surface area contributed by atoms with Gasteiger partial charge in [-0.05, 0) is 72.7 Å². The second kappa shape index (κ2) is 20.0. The highest BCUT2D eigenvalue weighted by atomic mass is 35.5. The van der Waals surface area contributed by atoms with Crippen molar-refractivity contribution >= 4 is 81.5 Å². The van der Waals surface area contributed by atoms with Gasteiger partial charge in [0.2, 0.25) is 17.6 Å². The first kappa shape index (κ1) is 47.7. The van der Waals surface area contributed by atoms with Crippen LogP contribution in [0.25, 0.3) is 11.2 Å². The van der Waals surface area contributed by atoms with E-state index in [-0.39, 0.29) is 11.8 Å². The topological polar surface area (TPSA) is 246 Å². The molecule has 27 heteroatoms. The molecule has 6 N–H and O–H groups in total. The molecule has 1 atom stereocenters. The lowest BCUT2D eigenvalue weighted by Gasteiger charge is -2.16. The van der Waals surface area contributed by atoms with Gasteiger partial charge in [0.15, 0.2) is 5.82 Å². The zero-order valence-corrected chi connectivity index (χ0v) is 31.7. The molecule has 1 fully saturated rings. The normalized spacial score (nSPS) is 14.5. The van der Waals surface area contributed by atoms with E-state index in [0.29, 0.717) is 47.9 Å². The fraction of sp³-hybridized carbons (Fsp3) is 0.286. The highest BCUT2D eigenvalue weighted by Gasteiger charge is 2.39. The van der Waals surface area contributed by atoms with Gasteiger partial charge in [-0.25, -0.2) is 24.4 Å². The van der Waals surface area contributed by atoms with Gasteiger partial charge < -0.3 is 40.6 Å². The summed E-state index contributed by atoms with van der Waals surface area (Å²) in [6, 6.07) is 12.2. The summed E-state index contributed by atoms with van der Waals surface area (Å²) in [4.78, 5) is 63.9. The lowest BCUT2D eigenvalue weighted by molar-refractivity contribution is -0.193. The van der Waals surface area contributed by atoms with Crippen LogP contribution in [0.4, 0.5) is 74.4 Å². The minimum absolute atomic E-state index is 0.0210. The van der Waals surface area contributed by atoms with Crippen molar-refractivity contribution in [3.8, 4) is 0 Å². The summed E-state index contributed by atoms with van der Waals surface area (Å²) in [5.41, 5.74) is 5.70. The summed E-state index contributed by atoms with van der Waals surface area (Å²) in [5.74, 6) is -7.20. The number of carbonyl (C=O) groups excluding carboxylic acids is 1. The van der Waals surface area contributed by atoms with Crippen molar-refractivity contribution in [2.75, 3.05) is 33.9 Å². The van der Waals surface area contributed by atoms with Gasteiger partial charge in [-0.2, -0.15) is 49.5 Å². The molecule has 4 aromatic heterocycles. The van der Waals surface area contributed by atoms with Crippen LogP contribution in [0.2, 0.25) is 5.02 Å². The first-order chi connectivity index (χ1) is 28.9. The van der Waals surface area contributed by atoms with Crippen molar-refractivity contribution in [3.63, 3.8) is 0 Å². The first-order valence-corrected chi connectivity index (χ1v) is 17.6. The number of halogens is 10. The SMILES string of the molecule is O=C(C[C@H]1CCN(c2nc3cccnc3o2)C1)Nc1ccc2cc1CCc1cncc(c1)Nc1ncc(Cl)c(n1)N2.O=C(O)C(F)(F)F.O=C(O)C(F)(F)F.O=C(O)C(F)(F)F. The van der Waals surface area contributed by atoms with Crippen LogP contribution in [0.15, 0.2) is 65.6 Å². The number of hydrogen-bond acceptors (Lipinski definition) is 13. The molecule has 0 unspecified atom stereocenters. The van der Waals surface area contributed by atoms with Crippen LogP contribution in [0.3, 0.4) is 0 Å². The molecule has 5 aromatic rings. The third-order valence-electron chi connectivity index (χ3n) is 8.03. The maximum Gasteiger partial charge on any atom is 0.490 e. The molecule has 7 rings (SSSR count). The van der Waals surface area contributed by atoms with Gasteiger partial charge in [0.25, 0.3) is 6.01 Å². The molecule has 0 spiro atoms. The molecule has 332 valence electrons. The highest BCUT2D eigenvalue weighted by molar-refractivity contribution is 6.32. The molecule has 1 amide bonds. The number of nitrogens with one attached hydrogen (secondary N) is 3. The van der Waals surface area contributed by atoms with E-state index < -0.39 is 36.4 Å². The number of anilines is 6. The molecule has 17 nitrogen and oxygen atoms in total. The Balaban J connectivity index is 0.000000333. The van der Waals surface area contributed by atoms with E-state index in [0.717, 1.165) is 53.1 Å². The van der Waals surface area contributed by atoms with Crippen LogP contribution in [0.5, 0.6) is 0 Å². The quantitative estimate of drug-likeness (QED) is 0.0962. The molecule has 0 saturated carbocycles. The Labute approximate surface area is 346 Å². The number of aromatic nitrogens is 5. The van der Waals surface area contributed by atoms with Gasteiger partial charge in [-0.3, -0.25) is 9.78 Å². The van der Waals surface area contributed by atoms with E-state index in [9.17, 15) is 44.3 Å². The molecular formula is C35H29ClF9N9O8. The molecule has 0 aliphatic carbocycles.